The van der Waals surface area contributed by atoms with Crippen molar-refractivity contribution < 1.29 is 27.1 Å². The third-order valence-corrected chi connectivity index (χ3v) is 2.26. The number of esters is 1. The smallest absolute Gasteiger partial charge is 0.420 e. The molecule has 0 amide bonds. The Hall–Kier alpha value is -1.30. The fraction of sp³-hybridized carbons (Fsp3) is 0.300. The van der Waals surface area contributed by atoms with Gasteiger partial charge in [-0.2, -0.15) is 13.2 Å². The normalized spacial score (nSPS) is 11.4. The lowest BCUT2D eigenvalue weighted by Crippen LogP contribution is -2.13. The molecule has 0 radical (unpaired) electrons. The summed E-state index contributed by atoms with van der Waals surface area (Å²) in [6.07, 6.45) is -4.97. The summed E-state index contributed by atoms with van der Waals surface area (Å²) in [5.74, 6) is -2.56. The molecule has 0 heterocycles. The van der Waals surface area contributed by atoms with Crippen molar-refractivity contribution in [2.24, 2.45) is 0 Å². The predicted molar refractivity (Wildman–Crippen MR) is 52.4 cm³/mol. The molecule has 0 aliphatic rings. The van der Waals surface area contributed by atoms with Gasteiger partial charge in [-0.25, -0.2) is 9.18 Å². The number of halogens is 5. The minimum atomic E-state index is -4.97. The molecule has 17 heavy (non-hydrogen) atoms. The molecule has 0 bridgehead atoms. The van der Waals surface area contributed by atoms with E-state index in [-0.39, 0.29) is 6.61 Å². The molecule has 7 heteroatoms. The summed E-state index contributed by atoms with van der Waals surface area (Å²) < 4.78 is 54.9. The maximum absolute atomic E-state index is 13.0. The van der Waals surface area contributed by atoms with Crippen LogP contribution in [0.4, 0.5) is 17.6 Å². The lowest BCUT2D eigenvalue weighted by atomic mass is 10.1. The van der Waals surface area contributed by atoms with E-state index in [1.54, 1.807) is 0 Å². The first-order valence-electron chi connectivity index (χ1n) is 4.51. The van der Waals surface area contributed by atoms with Crippen molar-refractivity contribution in [2.45, 2.75) is 13.1 Å². The van der Waals surface area contributed by atoms with Crippen molar-refractivity contribution in [2.75, 3.05) is 6.61 Å². The zero-order chi connectivity index (χ0) is 13.2. The highest BCUT2D eigenvalue weighted by atomic mass is 35.5. The zero-order valence-corrected chi connectivity index (χ0v) is 9.32. The molecular weight excluding hydrogens is 264 g/mol. The maximum atomic E-state index is 13.0. The number of hydrogen-bond acceptors (Lipinski definition) is 2. The fourth-order valence-corrected chi connectivity index (χ4v) is 1.52. The van der Waals surface area contributed by atoms with Crippen LogP contribution in [-0.2, 0) is 10.9 Å². The summed E-state index contributed by atoms with van der Waals surface area (Å²) in [4.78, 5) is 11.3. The molecule has 0 aliphatic heterocycles. The molecule has 0 spiro atoms. The van der Waals surface area contributed by atoms with E-state index in [2.05, 4.69) is 4.74 Å². The Morgan fingerprint density at radius 1 is 1.41 bits per heavy atom. The average molecular weight is 271 g/mol. The molecule has 1 rings (SSSR count). The summed E-state index contributed by atoms with van der Waals surface area (Å²) in [7, 11) is 0. The van der Waals surface area contributed by atoms with Crippen LogP contribution in [0, 0.1) is 5.82 Å². The first-order valence-corrected chi connectivity index (χ1v) is 4.89. The van der Waals surface area contributed by atoms with Gasteiger partial charge in [0.2, 0.25) is 0 Å². The van der Waals surface area contributed by atoms with Crippen molar-refractivity contribution in [3.05, 3.63) is 34.1 Å². The number of benzene rings is 1. The van der Waals surface area contributed by atoms with Crippen LogP contribution in [0.5, 0.6) is 0 Å². The van der Waals surface area contributed by atoms with E-state index in [1.165, 1.54) is 6.92 Å². The van der Waals surface area contributed by atoms with Gasteiger partial charge < -0.3 is 4.74 Å². The summed E-state index contributed by atoms with van der Waals surface area (Å²) in [6, 6.07) is 1.38. The van der Waals surface area contributed by atoms with Gasteiger partial charge in [0, 0.05) is 0 Å². The Morgan fingerprint density at radius 3 is 2.47 bits per heavy atom. The molecule has 94 valence electrons. The molecule has 1 aromatic carbocycles. The molecule has 1 aromatic rings. The number of hydrogen-bond donors (Lipinski definition) is 0. The Kier molecular flexibility index (Phi) is 3.98. The molecule has 0 unspecified atom stereocenters. The fourth-order valence-electron chi connectivity index (χ4n) is 1.18. The zero-order valence-electron chi connectivity index (χ0n) is 8.57. The largest absolute Gasteiger partial charge is 0.462 e. The van der Waals surface area contributed by atoms with Crippen LogP contribution < -0.4 is 0 Å². The first kappa shape index (κ1) is 13.8. The average Bonchev–Trinajstić information content (AvgIpc) is 2.15. The minimum absolute atomic E-state index is 0.0200. The standard InChI is InChI=1S/C10H7ClF4O2/c1-2-17-9(16)5-3-4-6(12)7(8(5)11)10(13,14)15/h3-4H,2H2,1H3. The van der Waals surface area contributed by atoms with Crippen LogP contribution in [0.2, 0.25) is 5.02 Å². The van der Waals surface area contributed by atoms with Gasteiger partial charge in [0.1, 0.15) is 11.4 Å². The van der Waals surface area contributed by atoms with E-state index in [1.807, 2.05) is 0 Å². The number of carbonyl (C=O) groups is 1. The van der Waals surface area contributed by atoms with Crippen LogP contribution in [-0.4, -0.2) is 12.6 Å². The monoisotopic (exact) mass is 270 g/mol. The van der Waals surface area contributed by atoms with Crippen molar-refractivity contribution in [3.63, 3.8) is 0 Å². The minimum Gasteiger partial charge on any atom is -0.462 e. The number of ether oxygens (including phenoxy) is 1. The van der Waals surface area contributed by atoms with E-state index < -0.39 is 34.1 Å². The molecular formula is C10H7ClF4O2. The van der Waals surface area contributed by atoms with Gasteiger partial charge in [-0.3, -0.25) is 0 Å². The van der Waals surface area contributed by atoms with Gasteiger partial charge in [-0.05, 0) is 19.1 Å². The van der Waals surface area contributed by atoms with E-state index in [9.17, 15) is 22.4 Å². The Balaban J connectivity index is 3.34. The summed E-state index contributed by atoms with van der Waals surface area (Å²) in [5, 5.41) is -0.990. The summed E-state index contributed by atoms with van der Waals surface area (Å²) in [6.45, 7) is 1.47. The maximum Gasteiger partial charge on any atom is 0.420 e. The second kappa shape index (κ2) is 4.91. The lowest BCUT2D eigenvalue weighted by Gasteiger charge is -2.12. The molecule has 0 atom stereocenters. The molecule has 0 N–H and O–H groups in total. The van der Waals surface area contributed by atoms with Crippen molar-refractivity contribution in [3.8, 4) is 0 Å². The van der Waals surface area contributed by atoms with Crippen molar-refractivity contribution >= 4 is 17.6 Å². The molecule has 0 aromatic heterocycles. The molecule has 0 aliphatic carbocycles. The Morgan fingerprint density at radius 2 is 2.00 bits per heavy atom. The summed E-state index contributed by atoms with van der Waals surface area (Å²) >= 11 is 5.37. The van der Waals surface area contributed by atoms with Gasteiger partial charge in [0.15, 0.2) is 0 Å². The van der Waals surface area contributed by atoms with Crippen molar-refractivity contribution in [1.29, 1.82) is 0 Å². The SMILES string of the molecule is CCOC(=O)c1ccc(F)c(C(F)(F)F)c1Cl. The van der Waals surface area contributed by atoms with E-state index in [0.29, 0.717) is 6.07 Å². The van der Waals surface area contributed by atoms with Crippen LogP contribution in [0.3, 0.4) is 0 Å². The van der Waals surface area contributed by atoms with Gasteiger partial charge in [-0.1, -0.05) is 11.6 Å². The number of alkyl halides is 3. The highest BCUT2D eigenvalue weighted by molar-refractivity contribution is 6.34. The van der Waals surface area contributed by atoms with E-state index >= 15 is 0 Å². The Labute approximate surface area is 99.1 Å². The molecule has 0 fully saturated rings. The van der Waals surface area contributed by atoms with Gasteiger partial charge in [-0.15, -0.1) is 0 Å². The van der Waals surface area contributed by atoms with Gasteiger partial charge in [0.25, 0.3) is 0 Å². The number of rotatable bonds is 2. The van der Waals surface area contributed by atoms with E-state index in [0.717, 1.165) is 6.07 Å². The number of carbonyl (C=O) groups excluding carboxylic acids is 1. The van der Waals surface area contributed by atoms with Gasteiger partial charge in [0.05, 0.1) is 17.2 Å². The third kappa shape index (κ3) is 2.88. The van der Waals surface area contributed by atoms with Crippen LogP contribution in [0.25, 0.3) is 0 Å². The topological polar surface area (TPSA) is 26.3 Å². The molecule has 0 saturated heterocycles. The molecule has 0 saturated carbocycles. The quantitative estimate of drug-likeness (QED) is 0.605. The van der Waals surface area contributed by atoms with E-state index in [4.69, 9.17) is 11.6 Å². The van der Waals surface area contributed by atoms with Gasteiger partial charge >= 0.3 is 12.1 Å². The third-order valence-electron chi connectivity index (χ3n) is 1.87. The predicted octanol–water partition coefficient (Wildman–Crippen LogP) is 3.67. The van der Waals surface area contributed by atoms with Crippen LogP contribution >= 0.6 is 11.6 Å². The highest BCUT2D eigenvalue weighted by Crippen LogP contribution is 2.38. The lowest BCUT2D eigenvalue weighted by molar-refractivity contribution is -0.139. The van der Waals surface area contributed by atoms with Crippen LogP contribution in [0.15, 0.2) is 12.1 Å². The van der Waals surface area contributed by atoms with Crippen molar-refractivity contribution in [1.82, 2.24) is 0 Å². The Bertz CT molecular complexity index is 443. The summed E-state index contributed by atoms with van der Waals surface area (Å²) in [5.41, 5.74) is -2.17. The second-order valence-corrected chi connectivity index (χ2v) is 3.38. The molecule has 2 nitrogen and oxygen atoms in total. The van der Waals surface area contributed by atoms with Crippen LogP contribution in [0.1, 0.15) is 22.8 Å². The highest BCUT2D eigenvalue weighted by Gasteiger charge is 2.38. The second-order valence-electron chi connectivity index (χ2n) is 3.00. The first-order chi connectivity index (χ1) is 7.79.